The zero-order valence-corrected chi connectivity index (χ0v) is 23.2. The Morgan fingerprint density at radius 2 is 1.09 bits per heavy atom. The van der Waals surface area contributed by atoms with E-state index in [4.69, 9.17) is 0 Å². The van der Waals surface area contributed by atoms with E-state index in [-0.39, 0.29) is 17.0 Å². The van der Waals surface area contributed by atoms with E-state index in [9.17, 15) is 0 Å². The van der Waals surface area contributed by atoms with Crippen molar-refractivity contribution in [2.45, 2.75) is 59.4 Å². The van der Waals surface area contributed by atoms with Gasteiger partial charge in [0.1, 0.15) is 6.54 Å². The highest BCUT2D eigenvalue weighted by molar-refractivity contribution is 7.79. The molecular formula is C30H41BrNP. The first-order valence-electron chi connectivity index (χ1n) is 12.6. The van der Waals surface area contributed by atoms with Crippen LogP contribution in [0.1, 0.15) is 58.4 Å². The molecule has 0 fully saturated rings. The second-order valence-electron chi connectivity index (χ2n) is 9.05. The Morgan fingerprint density at radius 1 is 0.576 bits per heavy atom. The van der Waals surface area contributed by atoms with Crippen LogP contribution in [0.2, 0.25) is 0 Å². The fourth-order valence-electron chi connectivity index (χ4n) is 4.82. The number of nitrogens with zero attached hydrogens (tertiary/aromatic N) is 1. The molecule has 1 nitrogen and oxygen atoms in total. The van der Waals surface area contributed by atoms with Gasteiger partial charge >= 0.3 is 0 Å². The van der Waals surface area contributed by atoms with E-state index in [1.165, 1.54) is 77.7 Å². The molecule has 0 saturated carbocycles. The summed E-state index contributed by atoms with van der Waals surface area (Å²) in [7, 11) is -0.541. The maximum Gasteiger partial charge on any atom is 0.104 e. The van der Waals surface area contributed by atoms with Gasteiger partial charge < -0.3 is 21.5 Å². The quantitative estimate of drug-likeness (QED) is 0.235. The molecule has 3 rings (SSSR count). The molecule has 0 heterocycles. The number of quaternary nitrogens is 1. The standard InChI is InChI=1S/C30H41NP.BrH/c1-4-7-23-31(22-6-3,24-8-5-2)26-27-16-15-21-30(25-27)32(28-17-11-9-12-18-28)29-19-13-10-14-20-29;/h9-21,25H,4-8,22-24,26H2,1-3H3;1H/q+1;/p-1. The SMILES string of the molecule is CCCC[N+](CCC)(CCCC)Cc1cccc(P(c2ccccc2)c2ccccc2)c1.[Br-]. The number of halogens is 1. The largest absolute Gasteiger partial charge is 1.00 e. The van der Waals surface area contributed by atoms with Crippen molar-refractivity contribution in [3.05, 3.63) is 90.5 Å². The smallest absolute Gasteiger partial charge is 0.104 e. The van der Waals surface area contributed by atoms with Crippen LogP contribution in [0.4, 0.5) is 0 Å². The fraction of sp³-hybridized carbons (Fsp3) is 0.400. The zero-order chi connectivity index (χ0) is 22.7. The summed E-state index contributed by atoms with van der Waals surface area (Å²) in [6, 6.07) is 31.7. The molecule has 3 aromatic rings. The van der Waals surface area contributed by atoms with Gasteiger partial charge in [-0.1, -0.05) is 112 Å². The molecule has 0 atom stereocenters. The van der Waals surface area contributed by atoms with Crippen LogP contribution in [0.3, 0.4) is 0 Å². The van der Waals surface area contributed by atoms with Gasteiger partial charge in [-0.15, -0.1) is 0 Å². The number of benzene rings is 3. The van der Waals surface area contributed by atoms with E-state index in [1.807, 2.05) is 0 Å². The van der Waals surface area contributed by atoms with Crippen molar-refractivity contribution >= 4 is 23.8 Å². The lowest BCUT2D eigenvalue weighted by Gasteiger charge is -2.39. The first kappa shape index (κ1) is 27.8. The molecule has 3 heteroatoms. The molecule has 0 unspecified atom stereocenters. The third-order valence-corrected chi connectivity index (χ3v) is 8.81. The molecule has 0 aromatic heterocycles. The topological polar surface area (TPSA) is 0 Å². The van der Waals surface area contributed by atoms with E-state index in [0.29, 0.717) is 0 Å². The van der Waals surface area contributed by atoms with Crippen LogP contribution in [0.25, 0.3) is 0 Å². The Balaban J connectivity index is 0.00000385. The minimum Gasteiger partial charge on any atom is -1.00 e. The van der Waals surface area contributed by atoms with E-state index in [0.717, 1.165) is 6.54 Å². The second-order valence-corrected chi connectivity index (χ2v) is 11.3. The Kier molecular flexibility index (Phi) is 12.4. The zero-order valence-electron chi connectivity index (χ0n) is 20.7. The molecule has 0 aliphatic rings. The molecule has 0 amide bonds. The molecule has 0 spiro atoms. The monoisotopic (exact) mass is 525 g/mol. The summed E-state index contributed by atoms with van der Waals surface area (Å²) in [6.45, 7) is 12.1. The Bertz CT molecular complexity index is 865. The predicted octanol–water partition coefficient (Wildman–Crippen LogP) is 3.78. The van der Waals surface area contributed by atoms with Crippen molar-refractivity contribution in [2.75, 3.05) is 19.6 Å². The molecule has 0 radical (unpaired) electrons. The highest BCUT2D eigenvalue weighted by Crippen LogP contribution is 2.33. The maximum absolute atomic E-state index is 2.52. The van der Waals surface area contributed by atoms with Crippen molar-refractivity contribution < 1.29 is 21.5 Å². The van der Waals surface area contributed by atoms with Crippen LogP contribution in [-0.2, 0) is 6.54 Å². The summed E-state index contributed by atoms with van der Waals surface area (Å²) >= 11 is 0. The lowest BCUT2D eigenvalue weighted by Crippen LogP contribution is -3.00. The average Bonchev–Trinajstić information content (AvgIpc) is 2.83. The van der Waals surface area contributed by atoms with Gasteiger partial charge in [0, 0.05) is 5.56 Å². The summed E-state index contributed by atoms with van der Waals surface area (Å²) in [4.78, 5) is 0. The van der Waals surface area contributed by atoms with Crippen molar-refractivity contribution in [1.82, 2.24) is 0 Å². The normalized spacial score (nSPS) is 11.4. The van der Waals surface area contributed by atoms with Crippen LogP contribution >= 0.6 is 7.92 Å². The van der Waals surface area contributed by atoms with Gasteiger partial charge in [0.05, 0.1) is 19.6 Å². The number of rotatable bonds is 13. The summed E-state index contributed by atoms with van der Waals surface area (Å²) < 4.78 is 1.25. The molecular weight excluding hydrogens is 485 g/mol. The number of hydrogen-bond acceptors (Lipinski definition) is 0. The first-order valence-corrected chi connectivity index (χ1v) is 13.9. The van der Waals surface area contributed by atoms with E-state index >= 15 is 0 Å². The van der Waals surface area contributed by atoms with Crippen molar-refractivity contribution in [3.63, 3.8) is 0 Å². The molecule has 0 aliphatic carbocycles. The van der Waals surface area contributed by atoms with Crippen LogP contribution < -0.4 is 32.9 Å². The fourth-order valence-corrected chi connectivity index (χ4v) is 7.18. The van der Waals surface area contributed by atoms with Crippen molar-refractivity contribution in [1.29, 1.82) is 0 Å². The molecule has 33 heavy (non-hydrogen) atoms. The van der Waals surface area contributed by atoms with Crippen LogP contribution in [-0.4, -0.2) is 24.1 Å². The molecule has 178 valence electrons. The highest BCUT2D eigenvalue weighted by atomic mass is 79.9. The van der Waals surface area contributed by atoms with Gasteiger partial charge in [-0.05, 0) is 49.2 Å². The predicted molar refractivity (Wildman–Crippen MR) is 144 cm³/mol. The van der Waals surface area contributed by atoms with E-state index in [2.05, 4.69) is 106 Å². The van der Waals surface area contributed by atoms with E-state index in [1.54, 1.807) is 0 Å². The molecule has 0 N–H and O–H groups in total. The van der Waals surface area contributed by atoms with Crippen molar-refractivity contribution in [2.24, 2.45) is 0 Å². The maximum atomic E-state index is 2.52. The third-order valence-electron chi connectivity index (χ3n) is 6.39. The molecule has 0 saturated heterocycles. The minimum atomic E-state index is -0.541. The molecule has 3 aromatic carbocycles. The Morgan fingerprint density at radius 3 is 1.58 bits per heavy atom. The summed E-state index contributed by atoms with van der Waals surface area (Å²) in [5, 5.41) is 4.32. The van der Waals surface area contributed by atoms with Gasteiger partial charge in [0.2, 0.25) is 0 Å². The van der Waals surface area contributed by atoms with Gasteiger partial charge in [-0.3, -0.25) is 0 Å². The molecule has 0 aliphatic heterocycles. The van der Waals surface area contributed by atoms with Crippen LogP contribution in [0.15, 0.2) is 84.9 Å². The highest BCUT2D eigenvalue weighted by Gasteiger charge is 2.26. The Hall–Kier alpha value is -1.47. The van der Waals surface area contributed by atoms with Gasteiger partial charge in [0.25, 0.3) is 0 Å². The summed E-state index contributed by atoms with van der Waals surface area (Å²) in [6.07, 6.45) is 6.47. The lowest BCUT2D eigenvalue weighted by atomic mass is 10.1. The summed E-state index contributed by atoms with van der Waals surface area (Å²) in [5.74, 6) is 0. The first-order chi connectivity index (χ1) is 15.7. The summed E-state index contributed by atoms with van der Waals surface area (Å²) in [5.41, 5.74) is 1.50. The van der Waals surface area contributed by atoms with Gasteiger partial charge in [-0.2, -0.15) is 0 Å². The second kappa shape index (κ2) is 14.7. The van der Waals surface area contributed by atoms with Gasteiger partial charge in [0.15, 0.2) is 0 Å². The van der Waals surface area contributed by atoms with Gasteiger partial charge in [-0.25, -0.2) is 0 Å². The lowest BCUT2D eigenvalue weighted by molar-refractivity contribution is -0.941. The number of hydrogen-bond donors (Lipinski definition) is 0. The average molecular weight is 527 g/mol. The third kappa shape index (κ3) is 8.06. The van der Waals surface area contributed by atoms with Crippen LogP contribution in [0, 0.1) is 0 Å². The molecule has 0 bridgehead atoms. The minimum absolute atomic E-state index is 0. The van der Waals surface area contributed by atoms with Crippen molar-refractivity contribution in [3.8, 4) is 0 Å². The Labute approximate surface area is 214 Å². The van der Waals surface area contributed by atoms with Crippen LogP contribution in [0.5, 0.6) is 0 Å². The van der Waals surface area contributed by atoms with E-state index < -0.39 is 7.92 Å². The number of unbranched alkanes of at least 4 members (excludes halogenated alkanes) is 2.